The highest BCUT2D eigenvalue weighted by Gasteiger charge is 2.13. The number of carbonyl (C=O) groups is 2. The van der Waals surface area contributed by atoms with Crippen LogP contribution in [0.15, 0.2) is 24.3 Å². The molecule has 0 amide bonds. The average Bonchev–Trinajstić information content (AvgIpc) is 2.71. The van der Waals surface area contributed by atoms with E-state index in [9.17, 15) is 9.59 Å². The molecule has 0 atom stereocenters. The normalized spacial score (nSPS) is 10.9. The maximum atomic E-state index is 12.1. The molecule has 0 aliphatic carbocycles. The van der Waals surface area contributed by atoms with Gasteiger partial charge in [0, 0.05) is 12.8 Å². The van der Waals surface area contributed by atoms with E-state index in [0.29, 0.717) is 24.3 Å². The molecule has 170 valence electrons. The van der Waals surface area contributed by atoms with Crippen LogP contribution in [-0.2, 0) is 9.59 Å². The summed E-state index contributed by atoms with van der Waals surface area (Å²) < 4.78 is 10.9. The third kappa shape index (κ3) is 13.4. The number of unbranched alkanes of at least 4 members (excludes halogenated alkanes) is 9. The van der Waals surface area contributed by atoms with Crippen LogP contribution < -0.4 is 9.47 Å². The topological polar surface area (TPSA) is 52.6 Å². The zero-order valence-corrected chi connectivity index (χ0v) is 19.4. The Balaban J connectivity index is 2.28. The number of ether oxygens (including phenoxy) is 2. The van der Waals surface area contributed by atoms with Gasteiger partial charge in [0.05, 0.1) is 0 Å². The maximum absolute atomic E-state index is 12.1. The summed E-state index contributed by atoms with van der Waals surface area (Å²) >= 11 is 0. The monoisotopic (exact) mass is 418 g/mol. The molecule has 4 heteroatoms. The smallest absolute Gasteiger partial charge is 0.311 e. The molecule has 1 aromatic rings. The fourth-order valence-electron chi connectivity index (χ4n) is 3.37. The molecular weight excluding hydrogens is 376 g/mol. The van der Waals surface area contributed by atoms with Gasteiger partial charge in [0.15, 0.2) is 11.5 Å². The molecule has 0 heterocycles. The lowest BCUT2D eigenvalue weighted by atomic mass is 10.0. The zero-order valence-electron chi connectivity index (χ0n) is 19.4. The standard InChI is InChI=1S/C26H42O4/c1-4-5-6-7-8-9-13-20-25(27)29-23-18-15-16-19-24(23)30-26(28)21-14-11-10-12-17-22(2)3/h15-16,18-19,22H,4-14,17,20-21H2,1-3H3. The Labute approximate surface area is 183 Å². The van der Waals surface area contributed by atoms with E-state index in [-0.39, 0.29) is 11.9 Å². The Hall–Kier alpha value is -1.84. The Morgan fingerprint density at radius 1 is 0.700 bits per heavy atom. The first kappa shape index (κ1) is 26.2. The molecule has 0 N–H and O–H groups in total. The van der Waals surface area contributed by atoms with E-state index in [1.165, 1.54) is 44.9 Å². The van der Waals surface area contributed by atoms with Crippen LogP contribution in [0.25, 0.3) is 0 Å². The van der Waals surface area contributed by atoms with Crippen LogP contribution in [0.3, 0.4) is 0 Å². The third-order valence-electron chi connectivity index (χ3n) is 5.19. The number of para-hydroxylation sites is 2. The van der Waals surface area contributed by atoms with Crippen LogP contribution in [0.4, 0.5) is 0 Å². The summed E-state index contributed by atoms with van der Waals surface area (Å²) in [4.78, 5) is 24.3. The minimum absolute atomic E-state index is 0.266. The van der Waals surface area contributed by atoms with Crippen LogP contribution in [0.5, 0.6) is 11.5 Å². The van der Waals surface area contributed by atoms with E-state index < -0.39 is 0 Å². The van der Waals surface area contributed by atoms with E-state index in [1.807, 2.05) is 0 Å². The van der Waals surface area contributed by atoms with Crippen LogP contribution in [0, 0.1) is 5.92 Å². The molecule has 4 nitrogen and oxygen atoms in total. The summed E-state index contributed by atoms with van der Waals surface area (Å²) in [6.07, 6.45) is 14.4. The minimum atomic E-state index is -0.269. The van der Waals surface area contributed by atoms with Gasteiger partial charge in [0.2, 0.25) is 0 Å². The summed E-state index contributed by atoms with van der Waals surface area (Å²) in [5.74, 6) is 0.859. The molecule has 0 radical (unpaired) electrons. The lowest BCUT2D eigenvalue weighted by Gasteiger charge is -2.10. The summed E-state index contributed by atoms with van der Waals surface area (Å²) in [7, 11) is 0. The van der Waals surface area contributed by atoms with Crippen molar-refractivity contribution in [3.8, 4) is 11.5 Å². The number of rotatable bonds is 17. The molecule has 0 unspecified atom stereocenters. The molecule has 0 spiro atoms. The van der Waals surface area contributed by atoms with Crippen molar-refractivity contribution in [1.29, 1.82) is 0 Å². The van der Waals surface area contributed by atoms with E-state index in [0.717, 1.165) is 38.0 Å². The lowest BCUT2D eigenvalue weighted by molar-refractivity contribution is -0.137. The molecule has 0 aliphatic rings. The maximum Gasteiger partial charge on any atom is 0.311 e. The van der Waals surface area contributed by atoms with Gasteiger partial charge in [0.25, 0.3) is 0 Å². The van der Waals surface area contributed by atoms with Gasteiger partial charge >= 0.3 is 11.9 Å². The van der Waals surface area contributed by atoms with E-state index in [4.69, 9.17) is 9.47 Å². The third-order valence-corrected chi connectivity index (χ3v) is 5.19. The SMILES string of the molecule is CCCCCCCCCC(=O)Oc1ccccc1OC(=O)CCCCCCC(C)C. The van der Waals surface area contributed by atoms with Crippen molar-refractivity contribution in [2.75, 3.05) is 0 Å². The second-order valence-corrected chi connectivity index (χ2v) is 8.61. The zero-order chi connectivity index (χ0) is 22.0. The van der Waals surface area contributed by atoms with E-state index >= 15 is 0 Å². The largest absolute Gasteiger partial charge is 0.423 e. The van der Waals surface area contributed by atoms with Gasteiger partial charge in [-0.05, 0) is 30.9 Å². The predicted molar refractivity (Wildman–Crippen MR) is 123 cm³/mol. The first-order valence-electron chi connectivity index (χ1n) is 12.0. The molecule has 0 saturated carbocycles. The summed E-state index contributed by atoms with van der Waals surface area (Å²) in [5.41, 5.74) is 0. The van der Waals surface area contributed by atoms with Crippen molar-refractivity contribution in [1.82, 2.24) is 0 Å². The van der Waals surface area contributed by atoms with Crippen molar-refractivity contribution in [3.63, 3.8) is 0 Å². The second kappa shape index (κ2) is 16.9. The Morgan fingerprint density at radius 3 is 1.60 bits per heavy atom. The first-order chi connectivity index (χ1) is 14.5. The van der Waals surface area contributed by atoms with Gasteiger partial charge < -0.3 is 9.47 Å². The van der Waals surface area contributed by atoms with Crippen molar-refractivity contribution in [2.45, 2.75) is 111 Å². The van der Waals surface area contributed by atoms with Crippen LogP contribution >= 0.6 is 0 Å². The second-order valence-electron chi connectivity index (χ2n) is 8.61. The molecule has 0 aromatic heterocycles. The van der Waals surface area contributed by atoms with Crippen molar-refractivity contribution in [3.05, 3.63) is 24.3 Å². The highest BCUT2D eigenvalue weighted by molar-refractivity contribution is 5.76. The van der Waals surface area contributed by atoms with Gasteiger partial charge in [-0.15, -0.1) is 0 Å². The van der Waals surface area contributed by atoms with Crippen LogP contribution in [0.1, 0.15) is 111 Å². The van der Waals surface area contributed by atoms with Crippen molar-refractivity contribution < 1.29 is 19.1 Å². The van der Waals surface area contributed by atoms with Gasteiger partial charge in [-0.2, -0.15) is 0 Å². The quantitative estimate of drug-likeness (QED) is 0.148. The minimum Gasteiger partial charge on any atom is -0.423 e. The highest BCUT2D eigenvalue weighted by Crippen LogP contribution is 2.27. The number of carbonyl (C=O) groups excluding carboxylic acids is 2. The Bertz CT molecular complexity index is 594. The number of benzene rings is 1. The average molecular weight is 419 g/mol. The van der Waals surface area contributed by atoms with Crippen LogP contribution in [-0.4, -0.2) is 11.9 Å². The lowest BCUT2D eigenvalue weighted by Crippen LogP contribution is -2.12. The molecule has 1 rings (SSSR count). The predicted octanol–water partition coefficient (Wildman–Crippen LogP) is 7.63. The first-order valence-corrected chi connectivity index (χ1v) is 12.0. The molecular formula is C26H42O4. The van der Waals surface area contributed by atoms with E-state index in [1.54, 1.807) is 24.3 Å². The highest BCUT2D eigenvalue weighted by atomic mass is 16.6. The fraction of sp³-hybridized carbons (Fsp3) is 0.692. The molecule has 0 fully saturated rings. The van der Waals surface area contributed by atoms with Crippen LogP contribution in [0.2, 0.25) is 0 Å². The summed E-state index contributed by atoms with van der Waals surface area (Å²) in [6.45, 7) is 6.67. The van der Waals surface area contributed by atoms with Crippen molar-refractivity contribution in [2.24, 2.45) is 5.92 Å². The number of esters is 2. The molecule has 30 heavy (non-hydrogen) atoms. The van der Waals surface area contributed by atoms with Gasteiger partial charge in [-0.25, -0.2) is 0 Å². The number of hydrogen-bond acceptors (Lipinski definition) is 4. The molecule has 0 aliphatic heterocycles. The fourth-order valence-corrected chi connectivity index (χ4v) is 3.37. The molecule has 0 saturated heterocycles. The van der Waals surface area contributed by atoms with Gasteiger partial charge in [-0.3, -0.25) is 9.59 Å². The Kier molecular flexibility index (Phi) is 14.8. The number of hydrogen-bond donors (Lipinski definition) is 0. The summed E-state index contributed by atoms with van der Waals surface area (Å²) in [6, 6.07) is 6.92. The van der Waals surface area contributed by atoms with Crippen molar-refractivity contribution >= 4 is 11.9 Å². The summed E-state index contributed by atoms with van der Waals surface area (Å²) in [5, 5.41) is 0. The molecule has 0 bridgehead atoms. The molecule has 1 aromatic carbocycles. The van der Waals surface area contributed by atoms with Gasteiger partial charge in [0.1, 0.15) is 0 Å². The van der Waals surface area contributed by atoms with Gasteiger partial charge in [-0.1, -0.05) is 97.1 Å². The Morgan fingerprint density at radius 2 is 1.13 bits per heavy atom. The van der Waals surface area contributed by atoms with E-state index in [2.05, 4.69) is 20.8 Å².